The molecule has 8 nitrogen and oxygen atoms in total. The molecule has 1 saturated heterocycles. The predicted molar refractivity (Wildman–Crippen MR) is 110 cm³/mol. The van der Waals surface area contributed by atoms with Gasteiger partial charge < -0.3 is 15.6 Å². The molecule has 0 spiro atoms. The van der Waals surface area contributed by atoms with E-state index in [0.717, 1.165) is 10.9 Å². The van der Waals surface area contributed by atoms with Crippen LogP contribution in [-0.4, -0.2) is 43.2 Å². The number of H-pyrrole nitrogens is 1. The number of carbonyl (C=O) groups excluding carboxylic acids is 1. The van der Waals surface area contributed by atoms with Crippen molar-refractivity contribution in [1.29, 1.82) is 0 Å². The van der Waals surface area contributed by atoms with E-state index in [1.54, 1.807) is 12.1 Å². The van der Waals surface area contributed by atoms with Gasteiger partial charge in [0.25, 0.3) is 5.56 Å². The maximum atomic E-state index is 12.8. The lowest BCUT2D eigenvalue weighted by Crippen LogP contribution is -2.49. The normalized spacial score (nSPS) is 15.2. The van der Waals surface area contributed by atoms with Crippen LogP contribution in [0.3, 0.4) is 0 Å². The Kier molecular flexibility index (Phi) is 5.08. The SMILES string of the molecule is O=C1CN(S(=O)(=O)c2cccc(NCc3cc4ccccc4[nH]c3=O)c2)CCN1. The third kappa shape index (κ3) is 4.01. The highest BCUT2D eigenvalue weighted by Crippen LogP contribution is 2.21. The van der Waals surface area contributed by atoms with Crippen LogP contribution < -0.4 is 16.2 Å². The fraction of sp³-hybridized carbons (Fsp3) is 0.200. The van der Waals surface area contributed by atoms with E-state index in [-0.39, 0.29) is 36.0 Å². The van der Waals surface area contributed by atoms with Crippen LogP contribution >= 0.6 is 0 Å². The number of pyridine rings is 1. The van der Waals surface area contributed by atoms with E-state index in [1.807, 2.05) is 30.3 Å². The fourth-order valence-corrected chi connectivity index (χ4v) is 4.70. The Bertz CT molecular complexity index is 1240. The number of piperazine rings is 1. The van der Waals surface area contributed by atoms with Gasteiger partial charge in [0.15, 0.2) is 0 Å². The molecule has 3 aromatic rings. The van der Waals surface area contributed by atoms with E-state index in [0.29, 0.717) is 17.8 Å². The Hall–Kier alpha value is -3.17. The standard InChI is InChI=1S/C20H20N4O4S/c25-19-13-24(9-8-21-19)29(27,28)17-6-3-5-16(11-17)22-12-15-10-14-4-1-2-7-18(14)23-20(15)26/h1-7,10-11,22H,8-9,12-13H2,(H,21,25)(H,23,26). The average molecular weight is 412 g/mol. The highest BCUT2D eigenvalue weighted by Gasteiger charge is 2.29. The molecule has 1 aliphatic rings. The summed E-state index contributed by atoms with van der Waals surface area (Å²) in [7, 11) is -3.77. The van der Waals surface area contributed by atoms with Crippen molar-refractivity contribution in [2.45, 2.75) is 11.4 Å². The first-order chi connectivity index (χ1) is 13.9. The van der Waals surface area contributed by atoms with Crippen LogP contribution in [-0.2, 0) is 21.4 Å². The topological polar surface area (TPSA) is 111 Å². The molecule has 1 amide bonds. The lowest BCUT2D eigenvalue weighted by Gasteiger charge is -2.26. The van der Waals surface area contributed by atoms with Gasteiger partial charge in [0.2, 0.25) is 15.9 Å². The summed E-state index contributed by atoms with van der Waals surface area (Å²) < 4.78 is 26.8. The summed E-state index contributed by atoms with van der Waals surface area (Å²) in [6, 6.07) is 15.7. The van der Waals surface area contributed by atoms with E-state index in [9.17, 15) is 18.0 Å². The van der Waals surface area contributed by atoms with Crippen LogP contribution in [0.4, 0.5) is 5.69 Å². The van der Waals surface area contributed by atoms with E-state index in [2.05, 4.69) is 15.6 Å². The second-order valence-corrected chi connectivity index (χ2v) is 8.72. The number of aromatic nitrogens is 1. The number of aromatic amines is 1. The molecule has 3 N–H and O–H groups in total. The van der Waals surface area contributed by atoms with Gasteiger partial charge in [-0.1, -0.05) is 24.3 Å². The van der Waals surface area contributed by atoms with Crippen LogP contribution in [0.15, 0.2) is 64.3 Å². The van der Waals surface area contributed by atoms with Crippen LogP contribution in [0, 0.1) is 0 Å². The average Bonchev–Trinajstić information content (AvgIpc) is 2.72. The highest BCUT2D eigenvalue weighted by molar-refractivity contribution is 7.89. The molecule has 2 aromatic carbocycles. The molecule has 0 bridgehead atoms. The van der Waals surface area contributed by atoms with Crippen molar-refractivity contribution in [3.63, 3.8) is 0 Å². The van der Waals surface area contributed by atoms with Gasteiger partial charge in [-0.25, -0.2) is 8.42 Å². The maximum Gasteiger partial charge on any atom is 0.253 e. The van der Waals surface area contributed by atoms with Gasteiger partial charge in [0.1, 0.15) is 0 Å². The first-order valence-electron chi connectivity index (χ1n) is 9.15. The van der Waals surface area contributed by atoms with Crippen LogP contribution in [0.25, 0.3) is 10.9 Å². The van der Waals surface area contributed by atoms with Crippen molar-refractivity contribution >= 4 is 32.5 Å². The molecule has 4 rings (SSSR count). The Labute approximate surface area is 167 Å². The van der Waals surface area contributed by atoms with Crippen molar-refractivity contribution < 1.29 is 13.2 Å². The summed E-state index contributed by atoms with van der Waals surface area (Å²) in [5.41, 5.74) is 1.68. The minimum Gasteiger partial charge on any atom is -0.381 e. The monoisotopic (exact) mass is 412 g/mol. The molecule has 2 heterocycles. The third-order valence-electron chi connectivity index (χ3n) is 4.79. The fourth-order valence-electron chi connectivity index (χ4n) is 3.26. The summed E-state index contributed by atoms with van der Waals surface area (Å²) in [4.78, 5) is 26.8. The summed E-state index contributed by atoms with van der Waals surface area (Å²) >= 11 is 0. The van der Waals surface area contributed by atoms with Gasteiger partial charge >= 0.3 is 0 Å². The highest BCUT2D eigenvalue weighted by atomic mass is 32.2. The molecule has 0 aliphatic carbocycles. The second kappa shape index (κ2) is 7.69. The second-order valence-electron chi connectivity index (χ2n) is 6.78. The summed E-state index contributed by atoms with van der Waals surface area (Å²) in [5, 5.41) is 6.64. The minimum atomic E-state index is -3.77. The Morgan fingerprint density at radius 2 is 1.86 bits per heavy atom. The van der Waals surface area contributed by atoms with Gasteiger partial charge in [0, 0.05) is 36.4 Å². The summed E-state index contributed by atoms with van der Waals surface area (Å²) in [6.45, 7) is 0.585. The number of para-hydroxylation sites is 1. The molecular weight excluding hydrogens is 392 g/mol. The van der Waals surface area contributed by atoms with Gasteiger partial charge in [0.05, 0.1) is 11.4 Å². The predicted octanol–water partition coefficient (Wildman–Crippen LogP) is 1.26. The number of hydrogen-bond acceptors (Lipinski definition) is 5. The van der Waals surface area contributed by atoms with Crippen molar-refractivity contribution in [1.82, 2.24) is 14.6 Å². The third-order valence-corrected chi connectivity index (χ3v) is 6.63. The molecule has 0 unspecified atom stereocenters. The largest absolute Gasteiger partial charge is 0.381 e. The molecule has 1 fully saturated rings. The van der Waals surface area contributed by atoms with Crippen molar-refractivity contribution in [3.8, 4) is 0 Å². The molecule has 1 aliphatic heterocycles. The number of anilines is 1. The molecule has 150 valence electrons. The summed E-state index contributed by atoms with van der Waals surface area (Å²) in [5.74, 6) is -0.315. The van der Waals surface area contributed by atoms with Crippen molar-refractivity contribution in [2.75, 3.05) is 25.0 Å². The molecule has 29 heavy (non-hydrogen) atoms. The number of nitrogens with zero attached hydrogens (tertiary/aromatic N) is 1. The number of rotatable bonds is 5. The molecular formula is C20H20N4O4S. The van der Waals surface area contributed by atoms with Crippen LogP contribution in [0.2, 0.25) is 0 Å². The number of carbonyl (C=O) groups is 1. The molecule has 9 heteroatoms. The quantitative estimate of drug-likeness (QED) is 0.584. The minimum absolute atomic E-state index is 0.102. The van der Waals surface area contributed by atoms with E-state index in [4.69, 9.17) is 0 Å². The zero-order chi connectivity index (χ0) is 20.4. The van der Waals surface area contributed by atoms with Crippen molar-refractivity contribution in [2.24, 2.45) is 0 Å². The van der Waals surface area contributed by atoms with Gasteiger partial charge in [-0.15, -0.1) is 0 Å². The van der Waals surface area contributed by atoms with Crippen molar-refractivity contribution in [3.05, 3.63) is 70.5 Å². The zero-order valence-electron chi connectivity index (χ0n) is 15.5. The maximum absolute atomic E-state index is 12.8. The Morgan fingerprint density at radius 1 is 1.03 bits per heavy atom. The number of amides is 1. The van der Waals surface area contributed by atoms with Gasteiger partial charge in [-0.05, 0) is 35.7 Å². The smallest absolute Gasteiger partial charge is 0.253 e. The number of hydrogen-bond donors (Lipinski definition) is 3. The van der Waals surface area contributed by atoms with E-state index >= 15 is 0 Å². The van der Waals surface area contributed by atoms with E-state index < -0.39 is 10.0 Å². The lowest BCUT2D eigenvalue weighted by atomic mass is 10.1. The summed E-state index contributed by atoms with van der Waals surface area (Å²) in [6.07, 6.45) is 0. The lowest BCUT2D eigenvalue weighted by molar-refractivity contribution is -0.122. The molecule has 0 radical (unpaired) electrons. The number of nitrogens with one attached hydrogen (secondary N) is 3. The van der Waals surface area contributed by atoms with E-state index in [1.165, 1.54) is 16.4 Å². The first-order valence-corrected chi connectivity index (χ1v) is 10.6. The zero-order valence-corrected chi connectivity index (χ0v) is 16.3. The molecule has 1 aromatic heterocycles. The Balaban J connectivity index is 1.54. The number of sulfonamides is 1. The molecule has 0 atom stereocenters. The number of benzene rings is 2. The van der Waals surface area contributed by atoms with Crippen LogP contribution in [0.5, 0.6) is 0 Å². The van der Waals surface area contributed by atoms with Gasteiger partial charge in [-0.3, -0.25) is 9.59 Å². The van der Waals surface area contributed by atoms with Gasteiger partial charge in [-0.2, -0.15) is 4.31 Å². The Morgan fingerprint density at radius 3 is 2.69 bits per heavy atom. The van der Waals surface area contributed by atoms with Crippen LogP contribution in [0.1, 0.15) is 5.56 Å². The number of fused-ring (bicyclic) bond motifs is 1. The first kappa shape index (κ1) is 19.2. The molecule has 0 saturated carbocycles.